The van der Waals surface area contributed by atoms with Gasteiger partial charge in [0, 0.05) is 31.0 Å². The Labute approximate surface area is 180 Å². The van der Waals surface area contributed by atoms with Gasteiger partial charge in [-0.15, -0.1) is 0 Å². The summed E-state index contributed by atoms with van der Waals surface area (Å²) in [5.41, 5.74) is 0.552. The smallest absolute Gasteiger partial charge is 0.253 e. The molecule has 1 aliphatic heterocycles. The van der Waals surface area contributed by atoms with Crippen molar-refractivity contribution in [3.63, 3.8) is 0 Å². The zero-order valence-electron chi connectivity index (χ0n) is 17.5. The lowest BCUT2D eigenvalue weighted by Gasteiger charge is -2.38. The van der Waals surface area contributed by atoms with Gasteiger partial charge in [-0.25, -0.2) is 9.37 Å². The van der Waals surface area contributed by atoms with Gasteiger partial charge in [-0.05, 0) is 55.7 Å². The summed E-state index contributed by atoms with van der Waals surface area (Å²) in [5, 5.41) is 10.9. The third-order valence-corrected chi connectivity index (χ3v) is 5.77. The van der Waals surface area contributed by atoms with Crippen LogP contribution in [-0.2, 0) is 13.2 Å². The number of nitrogens with zero attached hydrogens (tertiary/aromatic N) is 3. The summed E-state index contributed by atoms with van der Waals surface area (Å²) in [6.07, 6.45) is 4.61. The molecule has 1 aliphatic rings. The van der Waals surface area contributed by atoms with E-state index in [-0.39, 0.29) is 11.7 Å². The summed E-state index contributed by atoms with van der Waals surface area (Å²) >= 11 is 0. The molecule has 1 aromatic heterocycles. The summed E-state index contributed by atoms with van der Waals surface area (Å²) in [5.74, 6) is 1.08. The van der Waals surface area contributed by atoms with E-state index in [0.717, 1.165) is 11.4 Å². The van der Waals surface area contributed by atoms with E-state index in [0.29, 0.717) is 50.4 Å². The fourth-order valence-corrected chi connectivity index (χ4v) is 3.82. The van der Waals surface area contributed by atoms with Gasteiger partial charge in [-0.1, -0.05) is 18.2 Å². The minimum atomic E-state index is -0.845. The van der Waals surface area contributed by atoms with E-state index in [1.807, 2.05) is 17.7 Å². The maximum Gasteiger partial charge on any atom is 0.253 e. The quantitative estimate of drug-likeness (QED) is 0.658. The molecule has 1 N–H and O–H groups in total. The van der Waals surface area contributed by atoms with Gasteiger partial charge in [0.15, 0.2) is 0 Å². The Hall–Kier alpha value is -3.19. The first-order chi connectivity index (χ1) is 14.9. The first-order valence-corrected chi connectivity index (χ1v) is 10.4. The van der Waals surface area contributed by atoms with Gasteiger partial charge in [0.2, 0.25) is 0 Å². The second-order valence-electron chi connectivity index (χ2n) is 8.06. The molecule has 2 heterocycles. The number of amides is 1. The van der Waals surface area contributed by atoms with Crippen LogP contribution < -0.4 is 4.74 Å². The summed E-state index contributed by atoms with van der Waals surface area (Å²) in [4.78, 5) is 19.0. The van der Waals surface area contributed by atoms with Crippen molar-refractivity contribution >= 4 is 5.91 Å². The van der Waals surface area contributed by atoms with Crippen LogP contribution in [0.5, 0.6) is 5.75 Å². The zero-order valence-corrected chi connectivity index (χ0v) is 17.5. The molecule has 0 saturated carbocycles. The van der Waals surface area contributed by atoms with E-state index in [9.17, 15) is 14.3 Å². The number of rotatable bonds is 6. The fourth-order valence-electron chi connectivity index (χ4n) is 3.82. The van der Waals surface area contributed by atoms with Crippen LogP contribution in [0.2, 0.25) is 0 Å². The lowest BCUT2D eigenvalue weighted by atomic mass is 9.91. The van der Waals surface area contributed by atoms with Crippen molar-refractivity contribution in [2.75, 3.05) is 13.1 Å². The number of hydrogen-bond donors (Lipinski definition) is 1. The number of imidazole rings is 1. The van der Waals surface area contributed by atoms with Crippen LogP contribution >= 0.6 is 0 Å². The molecule has 0 aliphatic carbocycles. The fraction of sp³-hybridized carbons (Fsp3) is 0.333. The second kappa shape index (κ2) is 8.89. The molecule has 7 heteroatoms. The number of hydrogen-bond acceptors (Lipinski definition) is 4. The number of ether oxygens (including phenoxy) is 1. The minimum Gasteiger partial charge on any atom is -0.489 e. The van der Waals surface area contributed by atoms with Crippen LogP contribution in [0.25, 0.3) is 0 Å². The Balaban J connectivity index is 1.35. The molecular formula is C24H26FN3O3. The first kappa shape index (κ1) is 21.1. The van der Waals surface area contributed by atoms with Gasteiger partial charge in [-0.3, -0.25) is 4.79 Å². The molecule has 0 spiro atoms. The number of halogens is 1. The summed E-state index contributed by atoms with van der Waals surface area (Å²) in [6, 6.07) is 13.2. The highest BCUT2D eigenvalue weighted by molar-refractivity contribution is 5.94. The molecule has 0 radical (unpaired) electrons. The number of benzene rings is 2. The predicted molar refractivity (Wildman–Crippen MR) is 114 cm³/mol. The molecule has 0 unspecified atom stereocenters. The highest BCUT2D eigenvalue weighted by Crippen LogP contribution is 2.26. The Kier molecular flexibility index (Phi) is 6.04. The molecular weight excluding hydrogens is 397 g/mol. The van der Waals surface area contributed by atoms with Crippen molar-refractivity contribution < 1.29 is 19.0 Å². The SMILES string of the molecule is Cc1nccn1CC1(O)CCN(C(=O)c2cccc(OCc3ccc(F)cc3)c2)CC1. The number of carbonyl (C=O) groups excluding carboxylic acids is 1. The van der Waals surface area contributed by atoms with Crippen LogP contribution in [0.3, 0.4) is 0 Å². The topological polar surface area (TPSA) is 67.6 Å². The molecule has 1 fully saturated rings. The molecule has 0 atom stereocenters. The number of aryl methyl sites for hydroxylation is 1. The molecule has 4 rings (SSSR count). The normalized spacial score (nSPS) is 15.6. The largest absolute Gasteiger partial charge is 0.489 e. The number of aromatic nitrogens is 2. The van der Waals surface area contributed by atoms with Crippen molar-refractivity contribution in [1.82, 2.24) is 14.5 Å². The van der Waals surface area contributed by atoms with Crippen molar-refractivity contribution in [1.29, 1.82) is 0 Å². The molecule has 162 valence electrons. The Morgan fingerprint density at radius 2 is 1.94 bits per heavy atom. The Morgan fingerprint density at radius 3 is 2.61 bits per heavy atom. The van der Waals surface area contributed by atoms with Crippen molar-refractivity contribution in [3.8, 4) is 5.75 Å². The van der Waals surface area contributed by atoms with Gasteiger partial charge in [-0.2, -0.15) is 0 Å². The second-order valence-corrected chi connectivity index (χ2v) is 8.06. The third kappa shape index (κ3) is 5.11. The van der Waals surface area contributed by atoms with Crippen LogP contribution in [0.1, 0.15) is 34.6 Å². The first-order valence-electron chi connectivity index (χ1n) is 10.4. The van der Waals surface area contributed by atoms with Crippen LogP contribution in [0, 0.1) is 12.7 Å². The molecule has 31 heavy (non-hydrogen) atoms. The van der Waals surface area contributed by atoms with E-state index < -0.39 is 5.60 Å². The molecule has 0 bridgehead atoms. The lowest BCUT2D eigenvalue weighted by Crippen LogP contribution is -2.48. The van der Waals surface area contributed by atoms with Gasteiger partial charge in [0.1, 0.15) is 24.0 Å². The van der Waals surface area contributed by atoms with Crippen LogP contribution in [0.4, 0.5) is 4.39 Å². The van der Waals surface area contributed by atoms with Gasteiger partial charge < -0.3 is 19.3 Å². The average molecular weight is 423 g/mol. The van der Waals surface area contributed by atoms with Crippen LogP contribution in [-0.4, -0.2) is 44.2 Å². The molecule has 3 aromatic rings. The number of aliphatic hydroxyl groups is 1. The Morgan fingerprint density at radius 1 is 1.19 bits per heavy atom. The highest BCUT2D eigenvalue weighted by atomic mass is 19.1. The van der Waals surface area contributed by atoms with E-state index in [2.05, 4.69) is 4.98 Å². The standard InChI is InChI=1S/C24H26FN3O3/c1-18-26-11-14-28(18)17-24(30)9-12-27(13-10-24)23(29)20-3-2-4-22(15-20)31-16-19-5-7-21(25)8-6-19/h2-8,11,14-15,30H,9-10,12-13,16-17H2,1H3. The summed E-state index contributed by atoms with van der Waals surface area (Å²) in [6.45, 7) is 3.66. The van der Waals surface area contributed by atoms with Gasteiger partial charge in [0.25, 0.3) is 5.91 Å². The van der Waals surface area contributed by atoms with E-state index in [1.54, 1.807) is 47.5 Å². The highest BCUT2D eigenvalue weighted by Gasteiger charge is 2.34. The van der Waals surface area contributed by atoms with Gasteiger partial charge in [0.05, 0.1) is 12.1 Å². The van der Waals surface area contributed by atoms with Crippen molar-refractivity contribution in [2.24, 2.45) is 0 Å². The van der Waals surface area contributed by atoms with Gasteiger partial charge >= 0.3 is 0 Å². The Bertz CT molecular complexity index is 1040. The third-order valence-electron chi connectivity index (χ3n) is 5.77. The average Bonchev–Trinajstić information content (AvgIpc) is 3.17. The number of likely N-dealkylation sites (tertiary alicyclic amines) is 1. The van der Waals surface area contributed by atoms with Crippen LogP contribution in [0.15, 0.2) is 60.9 Å². The predicted octanol–water partition coefficient (Wildman–Crippen LogP) is 3.58. The molecule has 1 amide bonds. The van der Waals surface area contributed by atoms with Crippen molar-refractivity contribution in [3.05, 3.63) is 83.7 Å². The number of carbonyl (C=O) groups is 1. The minimum absolute atomic E-state index is 0.0758. The lowest BCUT2D eigenvalue weighted by molar-refractivity contribution is -0.0296. The van der Waals surface area contributed by atoms with E-state index in [4.69, 9.17) is 4.74 Å². The monoisotopic (exact) mass is 423 g/mol. The molecule has 6 nitrogen and oxygen atoms in total. The number of piperidine rings is 1. The zero-order chi connectivity index (χ0) is 21.8. The maximum atomic E-state index is 13.0. The van der Waals surface area contributed by atoms with Crippen molar-refractivity contribution in [2.45, 2.75) is 38.5 Å². The maximum absolute atomic E-state index is 13.0. The van der Waals surface area contributed by atoms with E-state index in [1.165, 1.54) is 12.1 Å². The molecule has 1 saturated heterocycles. The molecule has 2 aromatic carbocycles. The summed E-state index contributed by atoms with van der Waals surface area (Å²) < 4.78 is 20.7. The summed E-state index contributed by atoms with van der Waals surface area (Å²) in [7, 11) is 0. The van der Waals surface area contributed by atoms with E-state index >= 15 is 0 Å².